The van der Waals surface area contributed by atoms with Gasteiger partial charge in [-0.3, -0.25) is 0 Å². The first-order valence-electron chi connectivity index (χ1n) is 38.3. The van der Waals surface area contributed by atoms with Gasteiger partial charge in [0.15, 0.2) is 0 Å². The van der Waals surface area contributed by atoms with Crippen molar-refractivity contribution >= 4 is 101 Å². The predicted molar refractivity (Wildman–Crippen MR) is 363 cm³/mol. The van der Waals surface area contributed by atoms with Crippen molar-refractivity contribution in [1.29, 1.82) is 0 Å². The first-order chi connectivity index (χ1) is 49.8. The third-order valence-corrected chi connectivity index (χ3v) is 16.7. The van der Waals surface area contributed by atoms with Crippen molar-refractivity contribution in [3.8, 4) is 44.8 Å². The number of hydrogen-bond acceptors (Lipinski definition) is 2. The standard InChI is InChI=1S/C80H63BN4/c1-79(2,3)55-46-64(53-28-12-8-13-29-53)78(65(47-55)54-30-14-9-15-31-54)85-74-51-58(83-71-40-24-19-35-62(71)63-36-20-25-41-72(63)83)43-45-67(74)81-66-44-42-57(82-69-38-22-17-33-60(69)61-34-18-23-39-70(61)82)50-73(66)84(75-48-56(80(4,5)6)49-76(85)77(75)81)68-37-21-16-32-59(68)52-26-10-7-11-27-52/h7-51H,1-6H3/i17D,18D,19D,20D,22D,23D,24D,25D,33D,34D,35D,36D,38D,39D,40D,41D,44D,45D,50D,51D. The molecular weight excluding hydrogens is 1030 g/mol. The van der Waals surface area contributed by atoms with Crippen LogP contribution in [0, 0.1) is 0 Å². The minimum Gasteiger partial charge on any atom is -0.311 e. The Hall–Kier alpha value is -10.1. The van der Waals surface area contributed by atoms with Gasteiger partial charge in [-0.05, 0) is 134 Å². The third kappa shape index (κ3) is 7.97. The van der Waals surface area contributed by atoms with Gasteiger partial charge in [0.1, 0.15) is 0 Å². The van der Waals surface area contributed by atoms with Crippen molar-refractivity contribution in [3.63, 3.8) is 0 Å². The van der Waals surface area contributed by atoms with Gasteiger partial charge >= 0.3 is 0 Å². The summed E-state index contributed by atoms with van der Waals surface area (Å²) < 4.78 is 196. The zero-order chi connectivity index (χ0) is 74.7. The van der Waals surface area contributed by atoms with Crippen LogP contribution in [0.15, 0.2) is 273 Å². The fraction of sp³-hybridized carbons (Fsp3) is 0.100. The van der Waals surface area contributed by atoms with Crippen LogP contribution in [0.25, 0.3) is 88.4 Å². The molecule has 0 fully saturated rings. The summed E-state index contributed by atoms with van der Waals surface area (Å²) in [6.07, 6.45) is 0. The average Bonchev–Trinajstić information content (AvgIpc) is 1.27. The van der Waals surface area contributed by atoms with E-state index in [4.69, 9.17) is 8.22 Å². The lowest BCUT2D eigenvalue weighted by molar-refractivity contribution is 0.590. The predicted octanol–water partition coefficient (Wildman–Crippen LogP) is 19.6. The van der Waals surface area contributed by atoms with Crippen LogP contribution in [0.1, 0.15) is 80.1 Å². The second-order valence-electron chi connectivity index (χ2n) is 23.8. The Labute approximate surface area is 526 Å². The molecule has 85 heavy (non-hydrogen) atoms. The maximum Gasteiger partial charge on any atom is 0.252 e. The Morgan fingerprint density at radius 3 is 1.14 bits per heavy atom. The molecule has 0 radical (unpaired) electrons. The molecule has 0 spiro atoms. The van der Waals surface area contributed by atoms with Gasteiger partial charge < -0.3 is 18.9 Å². The second kappa shape index (κ2) is 19.2. The van der Waals surface area contributed by atoms with Crippen molar-refractivity contribution < 1.29 is 27.4 Å². The molecule has 0 amide bonds. The molecule has 0 saturated heterocycles. The quantitative estimate of drug-likeness (QED) is 0.148. The van der Waals surface area contributed by atoms with E-state index >= 15 is 0 Å². The summed E-state index contributed by atoms with van der Waals surface area (Å²) >= 11 is 0. The van der Waals surface area contributed by atoms with E-state index in [0.717, 1.165) is 22.3 Å². The monoisotopic (exact) mass is 1110 g/mol. The van der Waals surface area contributed by atoms with E-state index in [-0.39, 0.29) is 101 Å². The van der Waals surface area contributed by atoms with Crippen molar-refractivity contribution in [3.05, 3.63) is 284 Å². The number of aromatic nitrogens is 2. The Morgan fingerprint density at radius 1 is 0.341 bits per heavy atom. The highest BCUT2D eigenvalue weighted by Crippen LogP contribution is 2.53. The molecule has 0 atom stereocenters. The largest absolute Gasteiger partial charge is 0.311 e. The molecule has 14 aromatic rings. The summed E-state index contributed by atoms with van der Waals surface area (Å²) in [5.41, 5.74) is 5.86. The number of nitrogens with zero attached hydrogens (tertiary/aromatic N) is 4. The Balaban J connectivity index is 1.16. The van der Waals surface area contributed by atoms with Gasteiger partial charge in [0, 0.05) is 72.4 Å². The lowest BCUT2D eigenvalue weighted by Gasteiger charge is -2.46. The Bertz CT molecular complexity index is 5990. The normalized spacial score (nSPS) is 16.3. The molecule has 12 aromatic carbocycles. The molecule has 0 unspecified atom stereocenters. The van der Waals surface area contributed by atoms with Crippen LogP contribution < -0.4 is 26.2 Å². The first kappa shape index (κ1) is 33.9. The summed E-state index contributed by atoms with van der Waals surface area (Å²) in [5.74, 6) is 0. The van der Waals surface area contributed by atoms with E-state index < -0.39 is 114 Å². The topological polar surface area (TPSA) is 16.3 Å². The molecule has 2 aliphatic rings. The van der Waals surface area contributed by atoms with Gasteiger partial charge in [0.2, 0.25) is 0 Å². The molecule has 0 aliphatic carbocycles. The lowest BCUT2D eigenvalue weighted by Crippen LogP contribution is -2.61. The smallest absolute Gasteiger partial charge is 0.252 e. The lowest BCUT2D eigenvalue weighted by atomic mass is 9.33. The van der Waals surface area contributed by atoms with Crippen molar-refractivity contribution in [2.45, 2.75) is 52.4 Å². The number of para-hydroxylation sites is 5. The third-order valence-electron chi connectivity index (χ3n) is 16.7. The second-order valence-corrected chi connectivity index (χ2v) is 23.8. The van der Waals surface area contributed by atoms with Gasteiger partial charge in [-0.25, -0.2) is 0 Å². The van der Waals surface area contributed by atoms with Crippen LogP contribution in [0.2, 0.25) is 0 Å². The van der Waals surface area contributed by atoms with Crippen LogP contribution in [0.3, 0.4) is 0 Å². The van der Waals surface area contributed by atoms with Gasteiger partial charge in [-0.1, -0.05) is 235 Å². The fourth-order valence-electron chi connectivity index (χ4n) is 12.6. The van der Waals surface area contributed by atoms with Gasteiger partial charge in [-0.15, -0.1) is 0 Å². The average molecular weight is 1110 g/mol. The highest BCUT2D eigenvalue weighted by atomic mass is 15.2. The van der Waals surface area contributed by atoms with Crippen molar-refractivity contribution in [2.75, 3.05) is 9.80 Å². The molecule has 0 N–H and O–H groups in total. The first-order valence-corrected chi connectivity index (χ1v) is 28.3. The van der Waals surface area contributed by atoms with Gasteiger partial charge in [0.25, 0.3) is 6.71 Å². The molecule has 4 nitrogen and oxygen atoms in total. The van der Waals surface area contributed by atoms with Crippen molar-refractivity contribution in [1.82, 2.24) is 9.13 Å². The molecule has 0 saturated carbocycles. The van der Waals surface area contributed by atoms with Crippen LogP contribution >= 0.6 is 0 Å². The fourth-order valence-corrected chi connectivity index (χ4v) is 12.6. The molecular formula is C80H63BN4. The summed E-state index contributed by atoms with van der Waals surface area (Å²) in [4.78, 5) is 3.88. The van der Waals surface area contributed by atoms with Crippen LogP contribution in [-0.4, -0.2) is 15.8 Å². The molecule has 5 heteroatoms. The minimum absolute atomic E-state index is 0.0232. The molecule has 4 heterocycles. The number of fused-ring (bicyclic) bond motifs is 10. The maximum atomic E-state index is 11.5. The zero-order valence-corrected chi connectivity index (χ0v) is 47.3. The van der Waals surface area contributed by atoms with Gasteiger partial charge in [-0.2, -0.15) is 0 Å². The van der Waals surface area contributed by atoms with Crippen LogP contribution in [0.5, 0.6) is 0 Å². The number of hydrogen-bond donors (Lipinski definition) is 0. The van der Waals surface area contributed by atoms with Crippen molar-refractivity contribution in [2.24, 2.45) is 0 Å². The van der Waals surface area contributed by atoms with Crippen LogP contribution in [-0.2, 0) is 10.8 Å². The van der Waals surface area contributed by atoms with E-state index in [1.54, 1.807) is 0 Å². The van der Waals surface area contributed by atoms with E-state index in [9.17, 15) is 19.2 Å². The molecule has 16 rings (SSSR count). The van der Waals surface area contributed by atoms with E-state index in [1.165, 1.54) is 21.3 Å². The summed E-state index contributed by atoms with van der Waals surface area (Å²) in [6, 6.07) is 36.0. The highest BCUT2D eigenvalue weighted by molar-refractivity contribution is 7.00. The van der Waals surface area contributed by atoms with E-state index in [2.05, 4.69) is 32.9 Å². The molecule has 406 valence electrons. The molecule has 0 bridgehead atoms. The minimum atomic E-state index is -1.32. The highest BCUT2D eigenvalue weighted by Gasteiger charge is 2.46. The molecule has 2 aliphatic heterocycles. The molecule has 2 aromatic heterocycles. The number of rotatable bonds is 7. The number of anilines is 6. The van der Waals surface area contributed by atoms with E-state index in [1.807, 2.05) is 158 Å². The Morgan fingerprint density at radius 2 is 0.706 bits per heavy atom. The zero-order valence-electron chi connectivity index (χ0n) is 67.3. The summed E-state index contributed by atoms with van der Waals surface area (Å²) in [6.45, 7) is 11.2. The van der Waals surface area contributed by atoms with Gasteiger partial charge in [0.05, 0.1) is 60.9 Å². The maximum absolute atomic E-state index is 11.5. The van der Waals surface area contributed by atoms with Crippen LogP contribution in [0.4, 0.5) is 34.1 Å². The van der Waals surface area contributed by atoms with E-state index in [0.29, 0.717) is 50.5 Å². The summed E-state index contributed by atoms with van der Waals surface area (Å²) in [7, 11) is 0. The SMILES string of the molecule is [2H]c1cc(-n2c3c([2H])c([2H])c([2H])c([2H])c3c3c([2H])c([2H])c([2H])c([2H])c32)c([2H])c2c1B1c3c(cc(C(C)(C)C)cc3N(c3c(-c4ccccc4)cc(C(C)(C)C)cc3-c3ccccc3)c3c([2H])c(-n4c5c([2H])c([2H])c([2H])c([2H])c5c5c([2H])c([2H])c([2H])c([2H])c54)cc([2H])c31)N2c1ccccc1-c1ccccc1. The summed E-state index contributed by atoms with van der Waals surface area (Å²) in [5, 5.41) is -0.964. The Kier molecular flexibility index (Phi) is 7.66. The number of benzene rings is 12.